The number of thiazole rings is 1. The summed E-state index contributed by atoms with van der Waals surface area (Å²) in [6, 6.07) is 3.50. The molecular weight excluding hydrogens is 326 g/mol. The first kappa shape index (κ1) is 16.9. The number of pyridine rings is 1. The highest BCUT2D eigenvalue weighted by molar-refractivity contribution is 7.09. The minimum atomic E-state index is 0.0206. The van der Waals surface area contributed by atoms with Gasteiger partial charge in [-0.2, -0.15) is 0 Å². The normalized spacial score (nSPS) is 17.7. The van der Waals surface area contributed by atoms with Crippen LogP contribution in [0.15, 0.2) is 29.9 Å². The molecular formula is C17H21N3O3S. The van der Waals surface area contributed by atoms with Crippen LogP contribution in [-0.4, -0.2) is 54.2 Å². The maximum absolute atomic E-state index is 12.7. The van der Waals surface area contributed by atoms with Crippen LogP contribution < -0.4 is 4.74 Å². The van der Waals surface area contributed by atoms with E-state index in [-0.39, 0.29) is 5.91 Å². The zero-order valence-electron chi connectivity index (χ0n) is 13.7. The van der Waals surface area contributed by atoms with Crippen LogP contribution >= 0.6 is 11.3 Å². The number of carbonyl (C=O) groups excluding carboxylic acids is 1. The second kappa shape index (κ2) is 8.21. The highest BCUT2D eigenvalue weighted by Gasteiger charge is 2.26. The zero-order valence-corrected chi connectivity index (χ0v) is 14.5. The van der Waals surface area contributed by atoms with Gasteiger partial charge < -0.3 is 14.4 Å². The van der Waals surface area contributed by atoms with Crippen LogP contribution in [0, 0.1) is 0 Å². The molecule has 3 rings (SSSR count). The Labute approximate surface area is 145 Å². The van der Waals surface area contributed by atoms with Gasteiger partial charge in [0.1, 0.15) is 6.61 Å². The molecule has 0 aromatic carbocycles. The Kier molecular flexibility index (Phi) is 5.77. The molecule has 1 unspecified atom stereocenters. The van der Waals surface area contributed by atoms with Crippen LogP contribution in [0.25, 0.3) is 0 Å². The number of nitrogens with zero attached hydrogens (tertiary/aromatic N) is 3. The average molecular weight is 347 g/mol. The SMILES string of the molecule is COCCOc1ccc(C(=O)N2CCCC(c3nccs3)C2)cn1. The Bertz CT molecular complexity index is 646. The van der Waals surface area contributed by atoms with Gasteiger partial charge >= 0.3 is 0 Å². The fourth-order valence-corrected chi connectivity index (χ4v) is 3.57. The van der Waals surface area contributed by atoms with E-state index in [4.69, 9.17) is 9.47 Å². The summed E-state index contributed by atoms with van der Waals surface area (Å²) in [5, 5.41) is 3.11. The molecule has 1 aliphatic rings. The number of hydrogen-bond acceptors (Lipinski definition) is 6. The molecule has 1 saturated heterocycles. The van der Waals surface area contributed by atoms with Crippen molar-refractivity contribution in [2.75, 3.05) is 33.4 Å². The summed E-state index contributed by atoms with van der Waals surface area (Å²) in [6.07, 6.45) is 5.49. The van der Waals surface area contributed by atoms with Crippen LogP contribution in [0.3, 0.4) is 0 Å². The summed E-state index contributed by atoms with van der Waals surface area (Å²) in [5.41, 5.74) is 0.592. The summed E-state index contributed by atoms with van der Waals surface area (Å²) in [7, 11) is 1.62. The van der Waals surface area contributed by atoms with Gasteiger partial charge in [0.15, 0.2) is 0 Å². The van der Waals surface area contributed by atoms with Gasteiger partial charge in [0.2, 0.25) is 5.88 Å². The summed E-state index contributed by atoms with van der Waals surface area (Å²) in [4.78, 5) is 23.2. The van der Waals surface area contributed by atoms with Crippen molar-refractivity contribution in [2.24, 2.45) is 0 Å². The number of methoxy groups -OCH3 is 1. The second-order valence-electron chi connectivity index (χ2n) is 5.69. The van der Waals surface area contributed by atoms with E-state index in [9.17, 15) is 4.79 Å². The maximum atomic E-state index is 12.7. The van der Waals surface area contributed by atoms with Crippen molar-refractivity contribution >= 4 is 17.2 Å². The summed E-state index contributed by atoms with van der Waals surface area (Å²) < 4.78 is 10.4. The number of rotatable bonds is 6. The quantitative estimate of drug-likeness (QED) is 0.752. The molecule has 1 fully saturated rings. The predicted molar refractivity (Wildman–Crippen MR) is 91.6 cm³/mol. The van der Waals surface area contributed by atoms with Crippen molar-refractivity contribution in [1.29, 1.82) is 0 Å². The van der Waals surface area contributed by atoms with E-state index in [1.807, 2.05) is 16.5 Å². The molecule has 2 aromatic rings. The summed E-state index contributed by atoms with van der Waals surface area (Å²) in [5.74, 6) is 0.863. The van der Waals surface area contributed by atoms with Crippen LogP contribution in [-0.2, 0) is 4.74 Å². The lowest BCUT2D eigenvalue weighted by atomic mass is 9.98. The van der Waals surface area contributed by atoms with Crippen molar-refractivity contribution in [3.63, 3.8) is 0 Å². The molecule has 0 bridgehead atoms. The van der Waals surface area contributed by atoms with Crippen molar-refractivity contribution in [3.05, 3.63) is 40.5 Å². The number of carbonyl (C=O) groups is 1. The van der Waals surface area contributed by atoms with E-state index in [1.165, 1.54) is 0 Å². The van der Waals surface area contributed by atoms with Gasteiger partial charge in [0, 0.05) is 50.0 Å². The Morgan fingerprint density at radius 1 is 1.38 bits per heavy atom. The molecule has 0 aliphatic carbocycles. The van der Waals surface area contributed by atoms with Gasteiger partial charge in [-0.25, -0.2) is 9.97 Å². The third-order valence-electron chi connectivity index (χ3n) is 4.03. The molecule has 3 heterocycles. The highest BCUT2D eigenvalue weighted by Crippen LogP contribution is 2.28. The summed E-state index contributed by atoms with van der Waals surface area (Å²) in [6.45, 7) is 2.46. The fraction of sp³-hybridized carbons (Fsp3) is 0.471. The predicted octanol–water partition coefficient (Wildman–Crippen LogP) is 2.58. The third-order valence-corrected chi connectivity index (χ3v) is 4.97. The molecule has 2 aromatic heterocycles. The van der Waals surface area contributed by atoms with Gasteiger partial charge in [0.05, 0.1) is 17.2 Å². The lowest BCUT2D eigenvalue weighted by Gasteiger charge is -2.31. The van der Waals surface area contributed by atoms with E-state index >= 15 is 0 Å². The highest BCUT2D eigenvalue weighted by atomic mass is 32.1. The van der Waals surface area contributed by atoms with Crippen LogP contribution in [0.4, 0.5) is 0 Å². The smallest absolute Gasteiger partial charge is 0.255 e. The fourth-order valence-electron chi connectivity index (χ4n) is 2.80. The minimum absolute atomic E-state index is 0.0206. The first-order valence-corrected chi connectivity index (χ1v) is 8.92. The number of hydrogen-bond donors (Lipinski definition) is 0. The monoisotopic (exact) mass is 347 g/mol. The zero-order chi connectivity index (χ0) is 16.8. The Balaban J connectivity index is 1.61. The molecule has 128 valence electrons. The molecule has 24 heavy (non-hydrogen) atoms. The molecule has 0 N–H and O–H groups in total. The summed E-state index contributed by atoms with van der Waals surface area (Å²) >= 11 is 1.66. The third kappa shape index (κ3) is 4.10. The molecule has 0 saturated carbocycles. The van der Waals surface area contributed by atoms with Gasteiger partial charge in [-0.05, 0) is 18.9 Å². The number of likely N-dealkylation sites (tertiary alicyclic amines) is 1. The number of piperidine rings is 1. The molecule has 7 heteroatoms. The van der Waals surface area contributed by atoms with Crippen molar-refractivity contribution in [3.8, 4) is 5.88 Å². The lowest BCUT2D eigenvalue weighted by Crippen LogP contribution is -2.39. The van der Waals surface area contributed by atoms with Gasteiger partial charge in [-0.3, -0.25) is 4.79 Å². The first-order chi connectivity index (χ1) is 11.8. The number of ether oxygens (including phenoxy) is 2. The van der Waals surface area contributed by atoms with E-state index < -0.39 is 0 Å². The lowest BCUT2D eigenvalue weighted by molar-refractivity contribution is 0.0706. The standard InChI is InChI=1S/C17H21N3O3S/c1-22-8-9-23-15-5-4-13(11-19-15)17(21)20-7-2-3-14(12-20)16-18-6-10-24-16/h4-6,10-11,14H,2-3,7-9,12H2,1H3. The largest absolute Gasteiger partial charge is 0.475 e. The van der Waals surface area contributed by atoms with E-state index in [0.29, 0.717) is 30.6 Å². The van der Waals surface area contributed by atoms with Crippen molar-refractivity contribution < 1.29 is 14.3 Å². The molecule has 1 amide bonds. The van der Waals surface area contributed by atoms with Gasteiger partial charge in [-0.1, -0.05) is 0 Å². The minimum Gasteiger partial charge on any atom is -0.475 e. The molecule has 6 nitrogen and oxygen atoms in total. The van der Waals surface area contributed by atoms with E-state index in [1.54, 1.807) is 36.8 Å². The van der Waals surface area contributed by atoms with Crippen LogP contribution in [0.1, 0.15) is 34.1 Å². The molecule has 1 atom stereocenters. The van der Waals surface area contributed by atoms with Crippen LogP contribution in [0.2, 0.25) is 0 Å². The second-order valence-corrected chi connectivity index (χ2v) is 6.61. The Hall–Kier alpha value is -1.99. The number of amides is 1. The van der Waals surface area contributed by atoms with E-state index in [2.05, 4.69) is 9.97 Å². The Morgan fingerprint density at radius 2 is 2.29 bits per heavy atom. The number of aromatic nitrogens is 2. The topological polar surface area (TPSA) is 64.6 Å². The van der Waals surface area contributed by atoms with Gasteiger partial charge in [0.25, 0.3) is 5.91 Å². The first-order valence-electron chi connectivity index (χ1n) is 8.04. The maximum Gasteiger partial charge on any atom is 0.255 e. The van der Waals surface area contributed by atoms with Crippen molar-refractivity contribution in [1.82, 2.24) is 14.9 Å². The van der Waals surface area contributed by atoms with E-state index in [0.717, 1.165) is 30.9 Å². The van der Waals surface area contributed by atoms with Gasteiger partial charge in [-0.15, -0.1) is 11.3 Å². The van der Waals surface area contributed by atoms with Crippen LogP contribution in [0.5, 0.6) is 5.88 Å². The van der Waals surface area contributed by atoms with Crippen molar-refractivity contribution in [2.45, 2.75) is 18.8 Å². The molecule has 0 spiro atoms. The average Bonchev–Trinajstić information content (AvgIpc) is 3.17. The Morgan fingerprint density at radius 3 is 3.00 bits per heavy atom. The molecule has 0 radical (unpaired) electrons. The molecule has 1 aliphatic heterocycles.